The highest BCUT2D eigenvalue weighted by Gasteiger charge is 2.08. The molecule has 2 aromatic rings. The number of aromatic hydroxyl groups is 1. The molecule has 0 spiro atoms. The first-order valence-electron chi connectivity index (χ1n) is 7.83. The fraction of sp³-hybridized carbons (Fsp3) is 0.368. The largest absolute Gasteiger partial charge is 0.508 e. The molecule has 0 amide bonds. The Morgan fingerprint density at radius 2 is 1.52 bits per heavy atom. The maximum absolute atomic E-state index is 9.28. The zero-order chi connectivity index (χ0) is 15.1. The summed E-state index contributed by atoms with van der Waals surface area (Å²) in [6.45, 7) is 5.34. The van der Waals surface area contributed by atoms with E-state index in [1.54, 1.807) is 12.1 Å². The van der Waals surface area contributed by atoms with Gasteiger partial charge in [-0.1, -0.05) is 50.2 Å². The van der Waals surface area contributed by atoms with Crippen LogP contribution in [0.25, 0.3) is 0 Å². The lowest BCUT2D eigenvalue weighted by Crippen LogP contribution is -2.23. The van der Waals surface area contributed by atoms with E-state index in [9.17, 15) is 5.11 Å². The number of rotatable bonds is 7. The van der Waals surface area contributed by atoms with Gasteiger partial charge in [0, 0.05) is 6.04 Å². The lowest BCUT2D eigenvalue weighted by molar-refractivity contribution is 0.475. The SMILES string of the molecule is CCc1ccc(C(CC)NCCc2ccc(O)cc2)cc1. The number of nitrogens with one attached hydrogen (secondary N) is 1. The van der Waals surface area contributed by atoms with E-state index in [1.165, 1.54) is 16.7 Å². The van der Waals surface area contributed by atoms with Crippen LogP contribution in [0.1, 0.15) is 43.0 Å². The van der Waals surface area contributed by atoms with Gasteiger partial charge in [-0.15, -0.1) is 0 Å². The highest BCUT2D eigenvalue weighted by atomic mass is 16.3. The molecule has 2 aromatic carbocycles. The van der Waals surface area contributed by atoms with Crippen molar-refractivity contribution in [1.82, 2.24) is 5.32 Å². The standard InChI is InChI=1S/C19H25NO/c1-3-15-5-9-17(10-6-15)19(4-2)20-14-13-16-7-11-18(21)12-8-16/h5-12,19-21H,3-4,13-14H2,1-2H3. The summed E-state index contributed by atoms with van der Waals surface area (Å²) in [5, 5.41) is 12.9. The van der Waals surface area contributed by atoms with Crippen LogP contribution in [0.5, 0.6) is 5.75 Å². The van der Waals surface area contributed by atoms with Crippen molar-refractivity contribution >= 4 is 0 Å². The van der Waals surface area contributed by atoms with Crippen LogP contribution in [0.15, 0.2) is 48.5 Å². The van der Waals surface area contributed by atoms with Gasteiger partial charge in [0.15, 0.2) is 0 Å². The van der Waals surface area contributed by atoms with Crippen LogP contribution in [0, 0.1) is 0 Å². The first-order valence-corrected chi connectivity index (χ1v) is 7.83. The molecule has 2 heteroatoms. The van der Waals surface area contributed by atoms with Crippen molar-refractivity contribution in [1.29, 1.82) is 0 Å². The van der Waals surface area contributed by atoms with E-state index >= 15 is 0 Å². The second-order valence-corrected chi connectivity index (χ2v) is 5.43. The minimum atomic E-state index is 0.328. The second kappa shape index (κ2) is 7.84. The Kier molecular flexibility index (Phi) is 5.82. The molecule has 21 heavy (non-hydrogen) atoms. The third-order valence-corrected chi connectivity index (χ3v) is 3.94. The molecule has 0 aliphatic heterocycles. The van der Waals surface area contributed by atoms with Crippen molar-refractivity contribution in [2.75, 3.05) is 6.54 Å². The molecule has 1 atom stereocenters. The Bertz CT molecular complexity index is 530. The first kappa shape index (κ1) is 15.6. The van der Waals surface area contributed by atoms with Crippen molar-refractivity contribution < 1.29 is 5.11 Å². The summed E-state index contributed by atoms with van der Waals surface area (Å²) in [5.41, 5.74) is 3.99. The average Bonchev–Trinajstić information content (AvgIpc) is 2.53. The smallest absolute Gasteiger partial charge is 0.115 e. The molecule has 0 saturated carbocycles. The Morgan fingerprint density at radius 1 is 0.905 bits per heavy atom. The normalized spacial score (nSPS) is 12.3. The van der Waals surface area contributed by atoms with E-state index in [0.717, 1.165) is 25.8 Å². The van der Waals surface area contributed by atoms with Crippen LogP contribution in [0.2, 0.25) is 0 Å². The number of hydrogen-bond acceptors (Lipinski definition) is 2. The van der Waals surface area contributed by atoms with Gasteiger partial charge in [-0.05, 0) is 54.6 Å². The third kappa shape index (κ3) is 4.61. The molecular formula is C19H25NO. The predicted octanol–water partition coefficient (Wildman–Crippen LogP) is 4.24. The molecule has 1 unspecified atom stereocenters. The van der Waals surface area contributed by atoms with Crippen LogP contribution in [-0.4, -0.2) is 11.7 Å². The van der Waals surface area contributed by atoms with E-state index in [1.807, 2.05) is 12.1 Å². The Morgan fingerprint density at radius 3 is 2.10 bits per heavy atom. The maximum Gasteiger partial charge on any atom is 0.115 e. The van der Waals surface area contributed by atoms with Crippen molar-refractivity contribution in [3.63, 3.8) is 0 Å². The van der Waals surface area contributed by atoms with E-state index in [0.29, 0.717) is 11.8 Å². The fourth-order valence-electron chi connectivity index (χ4n) is 2.54. The van der Waals surface area contributed by atoms with Gasteiger partial charge in [0.25, 0.3) is 0 Å². The third-order valence-electron chi connectivity index (χ3n) is 3.94. The Labute approximate surface area is 127 Å². The summed E-state index contributed by atoms with van der Waals surface area (Å²) in [5.74, 6) is 0.328. The molecule has 0 heterocycles. The molecule has 0 aliphatic rings. The van der Waals surface area contributed by atoms with E-state index < -0.39 is 0 Å². The number of phenols is 1. The maximum atomic E-state index is 9.28. The fourth-order valence-corrected chi connectivity index (χ4v) is 2.54. The van der Waals surface area contributed by atoms with Crippen molar-refractivity contribution in [2.24, 2.45) is 0 Å². The molecule has 2 rings (SSSR count). The van der Waals surface area contributed by atoms with Gasteiger partial charge in [0.1, 0.15) is 5.75 Å². The van der Waals surface area contributed by atoms with E-state index in [-0.39, 0.29) is 0 Å². The minimum Gasteiger partial charge on any atom is -0.508 e. The number of phenolic OH excluding ortho intramolecular Hbond substituents is 1. The van der Waals surface area contributed by atoms with Crippen molar-refractivity contribution in [2.45, 2.75) is 39.2 Å². The predicted molar refractivity (Wildman–Crippen MR) is 88.7 cm³/mol. The molecule has 0 fully saturated rings. The van der Waals surface area contributed by atoms with Crippen molar-refractivity contribution in [3.8, 4) is 5.75 Å². The van der Waals surface area contributed by atoms with E-state index in [2.05, 4.69) is 43.4 Å². The molecular weight excluding hydrogens is 258 g/mol. The van der Waals surface area contributed by atoms with Gasteiger partial charge < -0.3 is 10.4 Å². The lowest BCUT2D eigenvalue weighted by Gasteiger charge is -2.18. The van der Waals surface area contributed by atoms with Crippen molar-refractivity contribution in [3.05, 3.63) is 65.2 Å². The zero-order valence-corrected chi connectivity index (χ0v) is 13.0. The van der Waals surface area contributed by atoms with Crippen LogP contribution in [0.3, 0.4) is 0 Å². The molecule has 0 aliphatic carbocycles. The second-order valence-electron chi connectivity index (χ2n) is 5.43. The topological polar surface area (TPSA) is 32.3 Å². The van der Waals surface area contributed by atoms with Crippen LogP contribution in [-0.2, 0) is 12.8 Å². The molecule has 112 valence electrons. The summed E-state index contributed by atoms with van der Waals surface area (Å²) in [6.07, 6.45) is 3.15. The van der Waals surface area contributed by atoms with Crippen LogP contribution >= 0.6 is 0 Å². The minimum absolute atomic E-state index is 0.328. The summed E-state index contributed by atoms with van der Waals surface area (Å²) < 4.78 is 0. The van der Waals surface area contributed by atoms with Gasteiger partial charge >= 0.3 is 0 Å². The quantitative estimate of drug-likeness (QED) is 0.796. The highest BCUT2D eigenvalue weighted by Crippen LogP contribution is 2.18. The number of hydrogen-bond donors (Lipinski definition) is 2. The van der Waals surface area contributed by atoms with Gasteiger partial charge in [-0.2, -0.15) is 0 Å². The van der Waals surface area contributed by atoms with Gasteiger partial charge in [-0.3, -0.25) is 0 Å². The Balaban J connectivity index is 1.88. The van der Waals surface area contributed by atoms with Crippen LogP contribution < -0.4 is 5.32 Å². The summed E-state index contributed by atoms with van der Waals surface area (Å²) in [4.78, 5) is 0. The zero-order valence-electron chi connectivity index (χ0n) is 13.0. The van der Waals surface area contributed by atoms with Gasteiger partial charge in [0.2, 0.25) is 0 Å². The molecule has 2 N–H and O–H groups in total. The van der Waals surface area contributed by atoms with Crippen LogP contribution in [0.4, 0.5) is 0 Å². The number of benzene rings is 2. The summed E-state index contributed by atoms with van der Waals surface area (Å²) in [7, 11) is 0. The molecule has 2 nitrogen and oxygen atoms in total. The molecule has 0 radical (unpaired) electrons. The van der Waals surface area contributed by atoms with E-state index in [4.69, 9.17) is 0 Å². The molecule has 0 bridgehead atoms. The number of aryl methyl sites for hydroxylation is 1. The summed E-state index contributed by atoms with van der Waals surface area (Å²) >= 11 is 0. The first-order chi connectivity index (χ1) is 10.2. The summed E-state index contributed by atoms with van der Waals surface area (Å²) in [6, 6.07) is 16.8. The monoisotopic (exact) mass is 283 g/mol. The molecule has 0 saturated heterocycles. The molecule has 0 aromatic heterocycles. The highest BCUT2D eigenvalue weighted by molar-refractivity contribution is 5.27. The van der Waals surface area contributed by atoms with Gasteiger partial charge in [-0.25, -0.2) is 0 Å². The Hall–Kier alpha value is -1.80. The van der Waals surface area contributed by atoms with Gasteiger partial charge in [0.05, 0.1) is 0 Å². The lowest BCUT2D eigenvalue weighted by atomic mass is 10.0. The average molecular weight is 283 g/mol.